The lowest BCUT2D eigenvalue weighted by molar-refractivity contribution is 0.0487. The Morgan fingerprint density at radius 3 is 2.66 bits per heavy atom. The van der Waals surface area contributed by atoms with Crippen LogP contribution in [0, 0.1) is 6.92 Å². The van der Waals surface area contributed by atoms with Crippen LogP contribution in [-0.4, -0.2) is 42.1 Å². The predicted octanol–water partition coefficient (Wildman–Crippen LogP) is 4.71. The summed E-state index contributed by atoms with van der Waals surface area (Å²) in [5.41, 5.74) is 3.17. The topological polar surface area (TPSA) is 65.4 Å². The predicted molar refractivity (Wildman–Crippen MR) is 125 cm³/mol. The van der Waals surface area contributed by atoms with E-state index in [9.17, 15) is 4.79 Å². The molecule has 1 aliphatic heterocycles. The van der Waals surface area contributed by atoms with Crippen LogP contribution in [0.1, 0.15) is 41.4 Å². The van der Waals surface area contributed by atoms with E-state index >= 15 is 0 Å². The zero-order chi connectivity index (χ0) is 22.6. The van der Waals surface area contributed by atoms with Crippen LogP contribution in [0.4, 0.5) is 0 Å². The van der Waals surface area contributed by atoms with Crippen molar-refractivity contribution in [3.8, 4) is 11.4 Å². The highest BCUT2D eigenvalue weighted by Crippen LogP contribution is 2.35. The fourth-order valence-electron chi connectivity index (χ4n) is 4.25. The van der Waals surface area contributed by atoms with Crippen LogP contribution in [0.3, 0.4) is 0 Å². The van der Waals surface area contributed by atoms with E-state index in [4.69, 9.17) is 21.1 Å². The van der Waals surface area contributed by atoms with Crippen molar-refractivity contribution in [3.63, 3.8) is 0 Å². The second-order valence-corrected chi connectivity index (χ2v) is 8.50. The van der Waals surface area contributed by atoms with E-state index < -0.39 is 0 Å². The number of carbonyl (C=O) groups excluding carboxylic acids is 1. The average molecular weight is 454 g/mol. The third kappa shape index (κ3) is 4.66. The van der Waals surface area contributed by atoms with Gasteiger partial charge in [0.1, 0.15) is 5.75 Å². The maximum atomic E-state index is 13.1. The molecule has 1 amide bonds. The number of halogens is 1. The lowest BCUT2D eigenvalue weighted by Gasteiger charge is -2.38. The second-order valence-electron chi connectivity index (χ2n) is 8.07. The Balaban J connectivity index is 1.52. The molecule has 4 rings (SSSR count). The van der Waals surface area contributed by atoms with Gasteiger partial charge in [0.25, 0.3) is 5.91 Å². The van der Waals surface area contributed by atoms with E-state index in [1.165, 1.54) is 5.56 Å². The van der Waals surface area contributed by atoms with Gasteiger partial charge in [-0.05, 0) is 62.6 Å². The van der Waals surface area contributed by atoms with Crippen LogP contribution in [0.2, 0.25) is 5.02 Å². The number of ether oxygens (including phenoxy) is 2. The van der Waals surface area contributed by atoms with E-state index in [-0.39, 0.29) is 11.3 Å². The molecule has 1 aliphatic rings. The Morgan fingerprint density at radius 1 is 1.22 bits per heavy atom. The number of rotatable bonds is 7. The first-order chi connectivity index (χ1) is 15.5. The van der Waals surface area contributed by atoms with Gasteiger partial charge in [0.2, 0.25) is 0 Å². The molecule has 0 saturated carbocycles. The van der Waals surface area contributed by atoms with Gasteiger partial charge in [-0.25, -0.2) is 4.68 Å². The highest BCUT2D eigenvalue weighted by molar-refractivity contribution is 6.30. The van der Waals surface area contributed by atoms with Gasteiger partial charge < -0.3 is 14.8 Å². The normalized spacial score (nSPS) is 15.3. The smallest absolute Gasteiger partial charge is 0.254 e. The molecule has 1 fully saturated rings. The molecular weight excluding hydrogens is 426 g/mol. The first-order valence-corrected chi connectivity index (χ1v) is 11.3. The number of aromatic nitrogens is 2. The van der Waals surface area contributed by atoms with Gasteiger partial charge in [0, 0.05) is 30.2 Å². The molecule has 0 radical (unpaired) electrons. The molecule has 0 atom stereocenters. The Kier molecular flexibility index (Phi) is 6.82. The van der Waals surface area contributed by atoms with E-state index in [2.05, 4.69) is 22.5 Å². The second kappa shape index (κ2) is 9.76. The summed E-state index contributed by atoms with van der Waals surface area (Å²) < 4.78 is 12.9. The van der Waals surface area contributed by atoms with Gasteiger partial charge in [0.05, 0.1) is 29.7 Å². The minimum atomic E-state index is -0.171. The van der Waals surface area contributed by atoms with Crippen molar-refractivity contribution in [2.75, 3.05) is 26.4 Å². The van der Waals surface area contributed by atoms with Crippen LogP contribution >= 0.6 is 11.6 Å². The zero-order valence-electron chi connectivity index (χ0n) is 18.4. The molecule has 1 aromatic heterocycles. The van der Waals surface area contributed by atoms with Gasteiger partial charge >= 0.3 is 0 Å². The molecular formula is C25H28ClN3O3. The number of nitrogens with zero attached hydrogens (tertiary/aromatic N) is 2. The number of nitrogens with one attached hydrogen (secondary N) is 1. The standard InChI is InChI=1S/C25H28ClN3O3/c1-3-32-22-9-7-19(8-10-22)25(11-13-31-14-12-25)17-27-24(30)23-16-28-29(18(23)2)21-6-4-5-20(26)15-21/h4-10,15-16H,3,11-14,17H2,1-2H3,(H,27,30). The monoisotopic (exact) mass is 453 g/mol. The number of amides is 1. The van der Waals surface area contributed by atoms with Crippen LogP contribution in [0.5, 0.6) is 5.75 Å². The maximum Gasteiger partial charge on any atom is 0.254 e. The van der Waals surface area contributed by atoms with Gasteiger partial charge in [-0.1, -0.05) is 29.8 Å². The third-order valence-electron chi connectivity index (χ3n) is 6.12. The van der Waals surface area contributed by atoms with Crippen LogP contribution in [0.25, 0.3) is 5.69 Å². The molecule has 0 bridgehead atoms. The van der Waals surface area contributed by atoms with Crippen LogP contribution in [0.15, 0.2) is 54.7 Å². The molecule has 3 aromatic rings. The van der Waals surface area contributed by atoms with Crippen molar-refractivity contribution < 1.29 is 14.3 Å². The van der Waals surface area contributed by atoms with Gasteiger partial charge in [-0.2, -0.15) is 5.10 Å². The van der Waals surface area contributed by atoms with Crippen molar-refractivity contribution >= 4 is 17.5 Å². The van der Waals surface area contributed by atoms with Crippen molar-refractivity contribution in [3.05, 3.63) is 76.6 Å². The maximum absolute atomic E-state index is 13.1. The van der Waals surface area contributed by atoms with Crippen molar-refractivity contribution in [1.29, 1.82) is 0 Å². The molecule has 0 unspecified atom stereocenters. The summed E-state index contributed by atoms with van der Waals surface area (Å²) in [4.78, 5) is 13.1. The molecule has 6 nitrogen and oxygen atoms in total. The number of hydrogen-bond donors (Lipinski definition) is 1. The minimum Gasteiger partial charge on any atom is -0.494 e. The molecule has 168 valence electrons. The lowest BCUT2D eigenvalue weighted by Crippen LogP contribution is -2.44. The summed E-state index contributed by atoms with van der Waals surface area (Å²) in [7, 11) is 0. The highest BCUT2D eigenvalue weighted by atomic mass is 35.5. The van der Waals surface area contributed by atoms with Gasteiger partial charge in [-0.3, -0.25) is 4.79 Å². The number of hydrogen-bond acceptors (Lipinski definition) is 4. The molecule has 0 spiro atoms. The van der Waals surface area contributed by atoms with E-state index in [1.54, 1.807) is 10.9 Å². The average Bonchev–Trinajstić information content (AvgIpc) is 3.20. The molecule has 1 saturated heterocycles. The molecule has 7 heteroatoms. The van der Waals surface area contributed by atoms with E-state index in [1.807, 2.05) is 50.2 Å². The quantitative estimate of drug-likeness (QED) is 0.562. The molecule has 1 N–H and O–H groups in total. The van der Waals surface area contributed by atoms with Crippen LogP contribution in [-0.2, 0) is 10.2 Å². The third-order valence-corrected chi connectivity index (χ3v) is 6.36. The summed E-state index contributed by atoms with van der Waals surface area (Å²) in [6.07, 6.45) is 3.31. The van der Waals surface area contributed by atoms with E-state index in [0.29, 0.717) is 37.0 Å². The van der Waals surface area contributed by atoms with E-state index in [0.717, 1.165) is 30.0 Å². The molecule has 0 aliphatic carbocycles. The SMILES string of the molecule is CCOc1ccc(C2(CNC(=O)c3cnn(-c4cccc(Cl)c4)c3C)CCOCC2)cc1. The van der Waals surface area contributed by atoms with Gasteiger partial charge in [-0.15, -0.1) is 0 Å². The summed E-state index contributed by atoms with van der Waals surface area (Å²) in [6.45, 7) is 6.38. The lowest BCUT2D eigenvalue weighted by atomic mass is 9.74. The summed E-state index contributed by atoms with van der Waals surface area (Å²) in [5, 5.41) is 8.19. The van der Waals surface area contributed by atoms with Crippen molar-refractivity contribution in [1.82, 2.24) is 15.1 Å². The van der Waals surface area contributed by atoms with Gasteiger partial charge in [0.15, 0.2) is 0 Å². The fraction of sp³-hybridized carbons (Fsp3) is 0.360. The summed E-state index contributed by atoms with van der Waals surface area (Å²) in [5.74, 6) is 0.721. The van der Waals surface area contributed by atoms with Crippen molar-refractivity contribution in [2.45, 2.75) is 32.1 Å². The minimum absolute atomic E-state index is 0.132. The summed E-state index contributed by atoms with van der Waals surface area (Å²) in [6, 6.07) is 15.6. The van der Waals surface area contributed by atoms with Crippen molar-refractivity contribution in [2.24, 2.45) is 0 Å². The molecule has 2 heterocycles. The fourth-order valence-corrected chi connectivity index (χ4v) is 4.43. The molecule has 32 heavy (non-hydrogen) atoms. The largest absolute Gasteiger partial charge is 0.494 e. The number of benzene rings is 2. The van der Waals surface area contributed by atoms with Crippen LogP contribution < -0.4 is 10.1 Å². The summed E-state index contributed by atoms with van der Waals surface area (Å²) >= 11 is 6.11. The zero-order valence-corrected chi connectivity index (χ0v) is 19.2. The molecule has 2 aromatic carbocycles. The first-order valence-electron chi connectivity index (χ1n) is 10.9. The number of carbonyl (C=O) groups is 1. The highest BCUT2D eigenvalue weighted by Gasteiger charge is 2.35. The Labute approximate surface area is 193 Å². The Bertz CT molecular complexity index is 1070. The Morgan fingerprint density at radius 2 is 1.97 bits per heavy atom. The Hall–Kier alpha value is -2.83. The first kappa shape index (κ1) is 22.4.